The Morgan fingerprint density at radius 3 is 2.33 bits per heavy atom. The van der Waals surface area contributed by atoms with Crippen LogP contribution >= 0.6 is 12.2 Å². The fourth-order valence-electron chi connectivity index (χ4n) is 2.80. The number of hydrogen-bond acceptors (Lipinski definition) is 2. The van der Waals surface area contributed by atoms with Crippen LogP contribution < -0.4 is 0 Å². The summed E-state index contributed by atoms with van der Waals surface area (Å²) in [5.74, 6) is 5.74. The van der Waals surface area contributed by atoms with E-state index >= 15 is 0 Å². The van der Waals surface area contributed by atoms with Crippen LogP contribution in [0.5, 0.6) is 0 Å². The van der Waals surface area contributed by atoms with Crippen molar-refractivity contribution in [2.75, 3.05) is 0 Å². The van der Waals surface area contributed by atoms with Crippen molar-refractivity contribution in [2.24, 2.45) is 4.99 Å². The molecule has 0 unspecified atom stereocenters. The molecule has 0 aliphatic carbocycles. The molecule has 132 valence electrons. The van der Waals surface area contributed by atoms with E-state index in [1.165, 1.54) is 28.3 Å². The zero-order valence-corrected chi connectivity index (χ0v) is 16.0. The largest absolute Gasteiger partial charge is 0.205 e. The average molecular weight is 371 g/mol. The lowest BCUT2D eigenvalue weighted by atomic mass is 9.97. The Balaban J connectivity index is 1.92. The van der Waals surface area contributed by atoms with E-state index in [1.807, 2.05) is 6.07 Å². The van der Waals surface area contributed by atoms with Crippen molar-refractivity contribution in [3.05, 3.63) is 88.7 Å². The summed E-state index contributed by atoms with van der Waals surface area (Å²) in [6.07, 6.45) is 0.875. The number of aliphatic imine (C=N–C) groups is 1. The third kappa shape index (κ3) is 4.57. The van der Waals surface area contributed by atoms with E-state index < -0.39 is 5.82 Å². The molecule has 0 saturated carbocycles. The first kappa shape index (κ1) is 18.7. The van der Waals surface area contributed by atoms with Crippen LogP contribution in [0, 0.1) is 24.6 Å². The van der Waals surface area contributed by atoms with Crippen LogP contribution in [0.3, 0.4) is 0 Å². The molecule has 0 aromatic heterocycles. The van der Waals surface area contributed by atoms with Crippen LogP contribution in [-0.4, -0.2) is 5.16 Å². The van der Waals surface area contributed by atoms with Crippen molar-refractivity contribution in [3.63, 3.8) is 0 Å². The summed E-state index contributed by atoms with van der Waals surface area (Å²) in [7, 11) is 0. The van der Waals surface area contributed by atoms with Gasteiger partial charge in [-0.2, -0.15) is 4.99 Å². The number of benzene rings is 3. The third-order valence-corrected chi connectivity index (χ3v) is 4.42. The highest BCUT2D eigenvalue weighted by atomic mass is 32.1. The molecule has 3 heteroatoms. The van der Waals surface area contributed by atoms with Gasteiger partial charge in [-0.25, -0.2) is 4.39 Å². The Bertz CT molecular complexity index is 1080. The Morgan fingerprint density at radius 2 is 1.67 bits per heavy atom. The third-order valence-electron chi connectivity index (χ3n) is 4.33. The van der Waals surface area contributed by atoms with E-state index in [1.54, 1.807) is 12.1 Å². The highest BCUT2D eigenvalue weighted by Gasteiger charge is 2.04. The first-order chi connectivity index (χ1) is 13.1. The maximum absolute atomic E-state index is 13.9. The van der Waals surface area contributed by atoms with Crippen molar-refractivity contribution in [2.45, 2.75) is 20.3 Å². The normalized spacial score (nSPS) is 9.89. The van der Waals surface area contributed by atoms with Gasteiger partial charge in [0, 0.05) is 11.1 Å². The highest BCUT2D eigenvalue weighted by molar-refractivity contribution is 7.78. The summed E-state index contributed by atoms with van der Waals surface area (Å²) in [4.78, 5) is 3.68. The Hall–Kier alpha value is -3.05. The van der Waals surface area contributed by atoms with Gasteiger partial charge in [-0.15, -0.1) is 0 Å². The number of halogens is 1. The molecule has 0 saturated heterocycles. The van der Waals surface area contributed by atoms with Gasteiger partial charge in [0.15, 0.2) is 5.82 Å². The van der Waals surface area contributed by atoms with Crippen LogP contribution in [0.4, 0.5) is 10.1 Å². The summed E-state index contributed by atoms with van der Waals surface area (Å²) in [6, 6.07) is 19.4. The van der Waals surface area contributed by atoms with Gasteiger partial charge < -0.3 is 0 Å². The fourth-order valence-corrected chi connectivity index (χ4v) is 2.90. The lowest BCUT2D eigenvalue weighted by Crippen LogP contribution is -1.90. The van der Waals surface area contributed by atoms with Crippen molar-refractivity contribution in [1.82, 2.24) is 0 Å². The van der Waals surface area contributed by atoms with Crippen molar-refractivity contribution in [1.29, 1.82) is 0 Å². The van der Waals surface area contributed by atoms with E-state index in [0.29, 0.717) is 5.56 Å². The standard InChI is InChI=1S/C24H18FNS/c1-3-19-15-22(21-8-4-17(2)5-9-21)12-11-20(19)10-6-18-7-13-24(26-16-27)23(25)14-18/h4-5,7-9,11-15H,3H2,1-2H3. The Kier molecular flexibility index (Phi) is 5.94. The molecule has 0 fully saturated rings. The second kappa shape index (κ2) is 8.56. The summed E-state index contributed by atoms with van der Waals surface area (Å²) >= 11 is 4.51. The van der Waals surface area contributed by atoms with E-state index in [2.05, 4.69) is 84.5 Å². The van der Waals surface area contributed by atoms with Crippen LogP contribution in [-0.2, 0) is 6.42 Å². The molecule has 3 aromatic carbocycles. The summed E-state index contributed by atoms with van der Waals surface area (Å²) in [5, 5.41) is 2.17. The first-order valence-corrected chi connectivity index (χ1v) is 9.11. The minimum Gasteiger partial charge on any atom is -0.205 e. The Labute approximate surface area is 164 Å². The van der Waals surface area contributed by atoms with Gasteiger partial charge in [0.05, 0.1) is 5.16 Å². The van der Waals surface area contributed by atoms with Crippen LogP contribution in [0.25, 0.3) is 11.1 Å². The number of thiocarbonyl (C=S) groups is 1. The number of aryl methyl sites for hydroxylation is 2. The molecule has 0 heterocycles. The summed E-state index contributed by atoms with van der Waals surface area (Å²) < 4.78 is 13.9. The second-order valence-corrected chi connectivity index (χ2v) is 6.39. The van der Waals surface area contributed by atoms with E-state index in [9.17, 15) is 4.39 Å². The molecule has 0 radical (unpaired) electrons. The van der Waals surface area contributed by atoms with Gasteiger partial charge in [-0.1, -0.05) is 54.7 Å². The smallest absolute Gasteiger partial charge is 0.150 e. The van der Waals surface area contributed by atoms with Gasteiger partial charge in [0.2, 0.25) is 0 Å². The fraction of sp³-hybridized carbons (Fsp3) is 0.125. The van der Waals surface area contributed by atoms with Gasteiger partial charge in [0.25, 0.3) is 0 Å². The SMILES string of the molecule is CCc1cc(-c2ccc(C)cc2)ccc1C#Cc1ccc(N=C=S)c(F)c1. The first-order valence-electron chi connectivity index (χ1n) is 8.70. The molecule has 3 rings (SSSR count). The minimum absolute atomic E-state index is 0.173. The predicted octanol–water partition coefficient (Wildman–Crippen LogP) is 6.50. The quantitative estimate of drug-likeness (QED) is 0.291. The van der Waals surface area contributed by atoms with E-state index in [4.69, 9.17) is 0 Å². The lowest BCUT2D eigenvalue weighted by molar-refractivity contribution is 0.629. The number of rotatable bonds is 3. The van der Waals surface area contributed by atoms with Gasteiger partial charge in [-0.05, 0) is 72.6 Å². The zero-order chi connectivity index (χ0) is 19.2. The van der Waals surface area contributed by atoms with Crippen LogP contribution in [0.15, 0.2) is 65.7 Å². The molecular formula is C24H18FNS. The molecule has 0 N–H and O–H groups in total. The highest BCUT2D eigenvalue weighted by Crippen LogP contribution is 2.23. The van der Waals surface area contributed by atoms with Gasteiger partial charge >= 0.3 is 0 Å². The molecule has 3 aromatic rings. The number of isothiocyanates is 1. The predicted molar refractivity (Wildman–Crippen MR) is 113 cm³/mol. The van der Waals surface area contributed by atoms with E-state index in [-0.39, 0.29) is 5.69 Å². The molecule has 0 atom stereocenters. The van der Waals surface area contributed by atoms with Crippen LogP contribution in [0.2, 0.25) is 0 Å². The molecule has 0 aliphatic heterocycles. The Morgan fingerprint density at radius 1 is 0.926 bits per heavy atom. The zero-order valence-electron chi connectivity index (χ0n) is 15.2. The monoisotopic (exact) mass is 371 g/mol. The maximum Gasteiger partial charge on any atom is 0.150 e. The minimum atomic E-state index is -0.454. The van der Waals surface area contributed by atoms with Gasteiger partial charge in [-0.3, -0.25) is 0 Å². The molecule has 1 nitrogen and oxygen atoms in total. The van der Waals surface area contributed by atoms with E-state index in [0.717, 1.165) is 12.0 Å². The van der Waals surface area contributed by atoms with Crippen molar-refractivity contribution in [3.8, 4) is 23.0 Å². The molecule has 0 spiro atoms. The van der Waals surface area contributed by atoms with Crippen LogP contribution in [0.1, 0.15) is 29.2 Å². The molecule has 0 bridgehead atoms. The second-order valence-electron chi connectivity index (χ2n) is 6.21. The maximum atomic E-state index is 13.9. The molecular weight excluding hydrogens is 353 g/mol. The lowest BCUT2D eigenvalue weighted by Gasteiger charge is -2.07. The summed E-state index contributed by atoms with van der Waals surface area (Å²) in [5.41, 5.74) is 6.49. The van der Waals surface area contributed by atoms with Gasteiger partial charge in [0.1, 0.15) is 5.69 Å². The molecule has 0 amide bonds. The van der Waals surface area contributed by atoms with Crippen molar-refractivity contribution < 1.29 is 4.39 Å². The number of hydrogen-bond donors (Lipinski definition) is 0. The summed E-state index contributed by atoms with van der Waals surface area (Å²) in [6.45, 7) is 4.19. The number of nitrogens with zero attached hydrogens (tertiary/aromatic N) is 1. The molecule has 27 heavy (non-hydrogen) atoms. The average Bonchev–Trinajstić information content (AvgIpc) is 2.69. The molecule has 0 aliphatic rings. The topological polar surface area (TPSA) is 12.4 Å². The van der Waals surface area contributed by atoms with Crippen molar-refractivity contribution >= 4 is 23.1 Å².